The van der Waals surface area contributed by atoms with Gasteiger partial charge in [-0.1, -0.05) is 24.4 Å². The van der Waals surface area contributed by atoms with Crippen LogP contribution in [-0.2, 0) is 4.79 Å². The fraction of sp³-hybridized carbons (Fsp3) is 0.100. The predicted octanol–water partition coefficient (Wildman–Crippen LogP) is 1.46. The molecular weight excluding hydrogens is 226 g/mol. The highest BCUT2D eigenvalue weighted by Crippen LogP contribution is 2.18. The Morgan fingerprint density at radius 1 is 1.50 bits per heavy atom. The summed E-state index contributed by atoms with van der Waals surface area (Å²) in [5.41, 5.74) is 0.892. The first-order valence-electron chi connectivity index (χ1n) is 4.52. The van der Waals surface area contributed by atoms with Gasteiger partial charge in [0, 0.05) is 17.5 Å². The number of hydrogen-bond donors (Lipinski definition) is 1. The summed E-state index contributed by atoms with van der Waals surface area (Å²) in [6, 6.07) is 5.57. The van der Waals surface area contributed by atoms with Crippen molar-refractivity contribution < 1.29 is 9.90 Å². The number of pyridine rings is 1. The number of fused-ring (bicyclic) bond motifs is 1. The second-order valence-corrected chi connectivity index (χ2v) is 4.05. The van der Waals surface area contributed by atoms with E-state index < -0.39 is 5.97 Å². The maximum absolute atomic E-state index is 10.6. The third-order valence-corrected chi connectivity index (χ3v) is 2.99. The summed E-state index contributed by atoms with van der Waals surface area (Å²) >= 11 is 1.30. The monoisotopic (exact) mass is 235 g/mol. The maximum atomic E-state index is 10.6. The van der Waals surface area contributed by atoms with Crippen LogP contribution in [0.1, 0.15) is 0 Å². The van der Waals surface area contributed by atoms with Crippen molar-refractivity contribution in [2.75, 3.05) is 5.75 Å². The second kappa shape index (κ2) is 4.36. The smallest absolute Gasteiger partial charge is 0.331 e. The fourth-order valence-corrected chi connectivity index (χ4v) is 1.95. The normalized spacial score (nSPS) is 10.5. The third kappa shape index (κ3) is 2.06. The molecule has 0 atom stereocenters. The van der Waals surface area contributed by atoms with Gasteiger partial charge in [0.15, 0.2) is 10.8 Å². The van der Waals surface area contributed by atoms with Crippen LogP contribution in [0.25, 0.3) is 5.65 Å². The van der Waals surface area contributed by atoms with Crippen LogP contribution in [0.4, 0.5) is 0 Å². The van der Waals surface area contributed by atoms with Crippen molar-refractivity contribution in [2.24, 2.45) is 0 Å². The highest BCUT2D eigenvalue weighted by Gasteiger charge is 2.08. The molecule has 0 radical (unpaired) electrons. The molecule has 2 rings (SSSR count). The van der Waals surface area contributed by atoms with Gasteiger partial charge in [0.2, 0.25) is 0 Å². The standard InChI is InChI=1S/C10H9N3O2S/c1-7(9(14)15)6-16-10-12-11-8-4-2-3-5-13(8)10/h2-5H,1,6H2,(H,14,15). The minimum absolute atomic E-state index is 0.151. The molecular formula is C10H9N3O2S. The number of thioether (sulfide) groups is 1. The van der Waals surface area contributed by atoms with Crippen molar-refractivity contribution in [3.05, 3.63) is 36.5 Å². The lowest BCUT2D eigenvalue weighted by Crippen LogP contribution is -2.01. The van der Waals surface area contributed by atoms with Gasteiger partial charge in [-0.25, -0.2) is 4.79 Å². The average Bonchev–Trinajstić information content (AvgIpc) is 2.69. The van der Waals surface area contributed by atoms with Gasteiger partial charge >= 0.3 is 5.97 Å². The van der Waals surface area contributed by atoms with E-state index >= 15 is 0 Å². The molecule has 0 aliphatic rings. The number of aromatic nitrogens is 3. The van der Waals surface area contributed by atoms with Crippen LogP contribution in [0.3, 0.4) is 0 Å². The van der Waals surface area contributed by atoms with E-state index in [4.69, 9.17) is 5.11 Å². The van der Waals surface area contributed by atoms with Gasteiger partial charge in [-0.15, -0.1) is 10.2 Å². The molecule has 0 saturated heterocycles. The fourth-order valence-electron chi connectivity index (χ4n) is 1.13. The molecule has 2 heterocycles. The molecule has 6 heteroatoms. The molecule has 0 aromatic carbocycles. The lowest BCUT2D eigenvalue weighted by Gasteiger charge is -1.99. The van der Waals surface area contributed by atoms with Crippen molar-refractivity contribution in [1.29, 1.82) is 0 Å². The van der Waals surface area contributed by atoms with E-state index in [1.54, 1.807) is 4.40 Å². The molecule has 5 nitrogen and oxygen atoms in total. The molecule has 0 unspecified atom stereocenters. The summed E-state index contributed by atoms with van der Waals surface area (Å²) < 4.78 is 1.81. The molecule has 2 aromatic heterocycles. The Bertz CT molecular complexity index is 550. The molecule has 2 aromatic rings. The number of hydrogen-bond acceptors (Lipinski definition) is 4. The molecule has 0 spiro atoms. The maximum Gasteiger partial charge on any atom is 0.331 e. The number of rotatable bonds is 4. The van der Waals surface area contributed by atoms with Crippen LogP contribution in [0, 0.1) is 0 Å². The molecule has 16 heavy (non-hydrogen) atoms. The first kappa shape index (κ1) is 10.7. The first-order chi connectivity index (χ1) is 7.68. The Balaban J connectivity index is 2.16. The van der Waals surface area contributed by atoms with Crippen LogP contribution < -0.4 is 0 Å². The molecule has 82 valence electrons. The van der Waals surface area contributed by atoms with Crippen molar-refractivity contribution >= 4 is 23.4 Å². The SMILES string of the molecule is C=C(CSc1nnc2ccccn12)C(=O)O. The number of carboxylic acid groups (broad SMARTS) is 1. The number of aliphatic carboxylic acids is 1. The Hall–Kier alpha value is -1.82. The Labute approximate surface area is 95.8 Å². The van der Waals surface area contributed by atoms with Crippen LogP contribution in [0.2, 0.25) is 0 Å². The van der Waals surface area contributed by atoms with Gasteiger partial charge in [-0.3, -0.25) is 4.40 Å². The van der Waals surface area contributed by atoms with E-state index in [2.05, 4.69) is 16.8 Å². The van der Waals surface area contributed by atoms with Gasteiger partial charge < -0.3 is 5.11 Å². The summed E-state index contributed by atoms with van der Waals surface area (Å²) in [5, 5.41) is 17.3. The number of nitrogens with zero attached hydrogens (tertiary/aromatic N) is 3. The first-order valence-corrected chi connectivity index (χ1v) is 5.50. The zero-order valence-electron chi connectivity index (χ0n) is 8.33. The molecule has 0 amide bonds. The highest BCUT2D eigenvalue weighted by atomic mass is 32.2. The molecule has 0 aliphatic carbocycles. The second-order valence-electron chi connectivity index (χ2n) is 3.11. The van der Waals surface area contributed by atoms with Crippen LogP contribution in [-0.4, -0.2) is 31.4 Å². The highest BCUT2D eigenvalue weighted by molar-refractivity contribution is 7.99. The number of carbonyl (C=O) groups is 1. The molecule has 1 N–H and O–H groups in total. The molecule has 0 fully saturated rings. The van der Waals surface area contributed by atoms with E-state index in [9.17, 15) is 4.79 Å². The minimum atomic E-state index is -0.985. The van der Waals surface area contributed by atoms with Crippen LogP contribution >= 0.6 is 11.8 Å². The zero-order valence-corrected chi connectivity index (χ0v) is 9.15. The lowest BCUT2D eigenvalue weighted by molar-refractivity contribution is -0.132. The lowest BCUT2D eigenvalue weighted by atomic mass is 10.4. The van der Waals surface area contributed by atoms with Gasteiger partial charge in [0.05, 0.1) is 0 Å². The minimum Gasteiger partial charge on any atom is -0.478 e. The van der Waals surface area contributed by atoms with E-state index in [-0.39, 0.29) is 5.57 Å². The summed E-state index contributed by atoms with van der Waals surface area (Å²) in [7, 11) is 0. The van der Waals surface area contributed by atoms with Crippen molar-refractivity contribution in [3.63, 3.8) is 0 Å². The summed E-state index contributed by atoms with van der Waals surface area (Å²) in [6.45, 7) is 3.46. The predicted molar refractivity (Wildman–Crippen MR) is 60.5 cm³/mol. The van der Waals surface area contributed by atoms with E-state index in [1.807, 2.05) is 24.4 Å². The van der Waals surface area contributed by atoms with Crippen molar-refractivity contribution in [3.8, 4) is 0 Å². The summed E-state index contributed by atoms with van der Waals surface area (Å²) in [4.78, 5) is 10.6. The molecule has 0 saturated carbocycles. The van der Waals surface area contributed by atoms with Gasteiger partial charge in [-0.2, -0.15) is 0 Å². The summed E-state index contributed by atoms with van der Waals surface area (Å²) in [5.74, 6) is -0.688. The van der Waals surface area contributed by atoms with Crippen molar-refractivity contribution in [1.82, 2.24) is 14.6 Å². The Kier molecular flexibility index (Phi) is 2.91. The van der Waals surface area contributed by atoms with Crippen LogP contribution in [0.5, 0.6) is 0 Å². The zero-order chi connectivity index (χ0) is 11.5. The van der Waals surface area contributed by atoms with Crippen molar-refractivity contribution in [2.45, 2.75) is 5.16 Å². The Morgan fingerprint density at radius 2 is 2.31 bits per heavy atom. The third-order valence-electron chi connectivity index (χ3n) is 1.96. The Morgan fingerprint density at radius 3 is 3.06 bits per heavy atom. The summed E-state index contributed by atoms with van der Waals surface area (Å²) in [6.07, 6.45) is 1.83. The number of carboxylic acids is 1. The molecule has 0 bridgehead atoms. The van der Waals surface area contributed by atoms with Gasteiger partial charge in [0.25, 0.3) is 0 Å². The van der Waals surface area contributed by atoms with Crippen LogP contribution in [0.15, 0.2) is 41.7 Å². The van der Waals surface area contributed by atoms with Gasteiger partial charge in [0.1, 0.15) is 0 Å². The largest absolute Gasteiger partial charge is 0.478 e. The quantitative estimate of drug-likeness (QED) is 0.642. The molecule has 0 aliphatic heterocycles. The van der Waals surface area contributed by atoms with E-state index in [0.717, 1.165) is 5.65 Å². The van der Waals surface area contributed by atoms with Gasteiger partial charge in [-0.05, 0) is 12.1 Å². The topological polar surface area (TPSA) is 67.5 Å². The van der Waals surface area contributed by atoms with E-state index in [0.29, 0.717) is 10.9 Å². The van der Waals surface area contributed by atoms with E-state index in [1.165, 1.54) is 11.8 Å². The average molecular weight is 235 g/mol.